The van der Waals surface area contributed by atoms with Crippen LogP contribution < -0.4 is 0 Å². The van der Waals surface area contributed by atoms with Gasteiger partial charge in [0, 0.05) is 23.2 Å². The van der Waals surface area contributed by atoms with Gasteiger partial charge in [-0.25, -0.2) is 0 Å². The first-order valence-electron chi connectivity index (χ1n) is 6.85. The molecule has 0 spiro atoms. The van der Waals surface area contributed by atoms with E-state index in [4.69, 9.17) is 9.47 Å². The average Bonchev–Trinajstić information content (AvgIpc) is 2.48. The van der Waals surface area contributed by atoms with Crippen molar-refractivity contribution < 1.29 is 9.47 Å². The molecule has 0 atom stereocenters. The van der Waals surface area contributed by atoms with Gasteiger partial charge in [-0.3, -0.25) is 0 Å². The van der Waals surface area contributed by atoms with Crippen molar-refractivity contribution in [3.05, 3.63) is 58.6 Å². The van der Waals surface area contributed by atoms with Gasteiger partial charge in [-0.2, -0.15) is 0 Å². The molecule has 0 heterocycles. The predicted molar refractivity (Wildman–Crippen MR) is 85.6 cm³/mol. The fraction of sp³-hybridized carbons (Fsp3) is 0.294. The van der Waals surface area contributed by atoms with Crippen LogP contribution in [0.25, 0.3) is 11.1 Å². The van der Waals surface area contributed by atoms with E-state index < -0.39 is 0 Å². The molecule has 0 amide bonds. The molecule has 2 nitrogen and oxygen atoms in total. The lowest BCUT2D eigenvalue weighted by Gasteiger charge is -2.21. The van der Waals surface area contributed by atoms with Crippen LogP contribution in [0, 0.1) is 0 Å². The number of ether oxygens (including phenoxy) is 2. The molecule has 2 aromatic carbocycles. The third-order valence-electron chi connectivity index (χ3n) is 3.01. The molecule has 0 saturated heterocycles. The van der Waals surface area contributed by atoms with Crippen LogP contribution in [0.2, 0.25) is 0 Å². The highest BCUT2D eigenvalue weighted by Crippen LogP contribution is 2.34. The van der Waals surface area contributed by atoms with E-state index in [-0.39, 0.29) is 6.29 Å². The van der Waals surface area contributed by atoms with Gasteiger partial charge in [-0.15, -0.1) is 0 Å². The average molecular weight is 335 g/mol. The summed E-state index contributed by atoms with van der Waals surface area (Å²) in [5, 5.41) is 0. The van der Waals surface area contributed by atoms with E-state index in [0.29, 0.717) is 13.2 Å². The predicted octanol–water partition coefficient (Wildman–Crippen LogP) is 5.19. The fourth-order valence-corrected chi connectivity index (χ4v) is 2.66. The minimum Gasteiger partial charge on any atom is -0.349 e. The van der Waals surface area contributed by atoms with E-state index >= 15 is 0 Å². The Morgan fingerprint density at radius 2 is 1.40 bits per heavy atom. The SMILES string of the molecule is CCOC(OCC)c1ccccc1-c1ccccc1Br. The van der Waals surface area contributed by atoms with Crippen molar-refractivity contribution in [1.29, 1.82) is 0 Å². The van der Waals surface area contributed by atoms with Crippen molar-refractivity contribution in [2.45, 2.75) is 20.1 Å². The summed E-state index contributed by atoms with van der Waals surface area (Å²) < 4.78 is 12.5. The minimum absolute atomic E-state index is 0.326. The van der Waals surface area contributed by atoms with Gasteiger partial charge in [-0.05, 0) is 31.0 Å². The zero-order valence-corrected chi connectivity index (χ0v) is 13.4. The zero-order valence-electron chi connectivity index (χ0n) is 11.8. The van der Waals surface area contributed by atoms with Crippen molar-refractivity contribution in [2.24, 2.45) is 0 Å². The van der Waals surface area contributed by atoms with Crippen molar-refractivity contribution in [1.82, 2.24) is 0 Å². The number of hydrogen-bond acceptors (Lipinski definition) is 2. The van der Waals surface area contributed by atoms with Gasteiger partial charge in [0.2, 0.25) is 0 Å². The van der Waals surface area contributed by atoms with Gasteiger partial charge in [-0.1, -0.05) is 58.4 Å². The van der Waals surface area contributed by atoms with Crippen LogP contribution in [0.3, 0.4) is 0 Å². The first-order valence-corrected chi connectivity index (χ1v) is 7.64. The van der Waals surface area contributed by atoms with Crippen LogP contribution in [0.5, 0.6) is 0 Å². The first-order chi connectivity index (χ1) is 9.77. The van der Waals surface area contributed by atoms with E-state index in [0.717, 1.165) is 21.2 Å². The summed E-state index contributed by atoms with van der Waals surface area (Å²) in [6, 6.07) is 16.4. The standard InChI is InChI=1S/C17H19BrO2/c1-3-19-17(20-4-2)15-11-6-5-9-13(15)14-10-7-8-12-16(14)18/h5-12,17H,3-4H2,1-2H3. The molecule has 0 aromatic heterocycles. The zero-order chi connectivity index (χ0) is 14.4. The van der Waals surface area contributed by atoms with Gasteiger partial charge in [0.05, 0.1) is 0 Å². The molecule has 2 aromatic rings. The summed E-state index contributed by atoms with van der Waals surface area (Å²) in [7, 11) is 0. The summed E-state index contributed by atoms with van der Waals surface area (Å²) in [6.45, 7) is 5.20. The molecule has 0 saturated carbocycles. The Hall–Kier alpha value is -1.16. The maximum absolute atomic E-state index is 5.73. The van der Waals surface area contributed by atoms with Crippen LogP contribution in [0.1, 0.15) is 25.7 Å². The summed E-state index contributed by atoms with van der Waals surface area (Å²) in [5.74, 6) is 0. The molecule has 0 aliphatic carbocycles. The molecule has 0 N–H and O–H groups in total. The molecule has 2 rings (SSSR count). The highest BCUT2D eigenvalue weighted by Gasteiger charge is 2.17. The van der Waals surface area contributed by atoms with E-state index in [1.807, 2.05) is 44.2 Å². The van der Waals surface area contributed by atoms with E-state index in [1.165, 1.54) is 0 Å². The smallest absolute Gasteiger partial charge is 0.184 e. The Bertz CT molecular complexity index is 548. The maximum Gasteiger partial charge on any atom is 0.184 e. The second-order valence-corrected chi connectivity index (χ2v) is 5.16. The Morgan fingerprint density at radius 3 is 2.00 bits per heavy atom. The molecule has 0 bridgehead atoms. The number of hydrogen-bond donors (Lipinski definition) is 0. The van der Waals surface area contributed by atoms with Crippen LogP contribution in [-0.2, 0) is 9.47 Å². The van der Waals surface area contributed by atoms with E-state index in [1.54, 1.807) is 0 Å². The molecule has 106 valence electrons. The number of benzene rings is 2. The highest BCUT2D eigenvalue weighted by molar-refractivity contribution is 9.10. The molecular formula is C17H19BrO2. The second kappa shape index (κ2) is 7.58. The highest BCUT2D eigenvalue weighted by atomic mass is 79.9. The Kier molecular flexibility index (Phi) is 5.77. The van der Waals surface area contributed by atoms with Gasteiger partial charge in [0.25, 0.3) is 0 Å². The van der Waals surface area contributed by atoms with Crippen LogP contribution in [0.4, 0.5) is 0 Å². The number of rotatable bonds is 6. The summed E-state index contributed by atoms with van der Waals surface area (Å²) in [6.07, 6.45) is -0.326. The third-order valence-corrected chi connectivity index (χ3v) is 3.71. The Morgan fingerprint density at radius 1 is 0.850 bits per heavy atom. The quantitative estimate of drug-likeness (QED) is 0.677. The van der Waals surface area contributed by atoms with Crippen LogP contribution in [0.15, 0.2) is 53.0 Å². The van der Waals surface area contributed by atoms with Gasteiger partial charge in [0.15, 0.2) is 6.29 Å². The lowest BCUT2D eigenvalue weighted by Crippen LogP contribution is -2.10. The van der Waals surface area contributed by atoms with Crippen LogP contribution >= 0.6 is 15.9 Å². The molecule has 20 heavy (non-hydrogen) atoms. The molecule has 0 aliphatic heterocycles. The Balaban J connectivity index is 2.47. The largest absolute Gasteiger partial charge is 0.349 e. The third kappa shape index (κ3) is 3.48. The molecular weight excluding hydrogens is 316 g/mol. The second-order valence-electron chi connectivity index (χ2n) is 4.31. The summed E-state index contributed by atoms with van der Waals surface area (Å²) in [4.78, 5) is 0. The number of halogens is 1. The fourth-order valence-electron chi connectivity index (χ4n) is 2.16. The molecule has 3 heteroatoms. The lowest BCUT2D eigenvalue weighted by molar-refractivity contribution is -0.139. The maximum atomic E-state index is 5.73. The normalized spacial score (nSPS) is 11.0. The van der Waals surface area contributed by atoms with Gasteiger partial charge >= 0.3 is 0 Å². The Labute approximate surface area is 128 Å². The summed E-state index contributed by atoms with van der Waals surface area (Å²) >= 11 is 3.61. The van der Waals surface area contributed by atoms with Crippen molar-refractivity contribution in [3.63, 3.8) is 0 Å². The summed E-state index contributed by atoms with van der Waals surface area (Å²) in [5.41, 5.74) is 3.34. The molecule has 0 radical (unpaired) electrons. The van der Waals surface area contributed by atoms with E-state index in [9.17, 15) is 0 Å². The van der Waals surface area contributed by atoms with Crippen molar-refractivity contribution in [2.75, 3.05) is 13.2 Å². The first kappa shape index (κ1) is 15.2. The van der Waals surface area contributed by atoms with Gasteiger partial charge < -0.3 is 9.47 Å². The van der Waals surface area contributed by atoms with Crippen molar-refractivity contribution >= 4 is 15.9 Å². The van der Waals surface area contributed by atoms with Gasteiger partial charge in [0.1, 0.15) is 0 Å². The minimum atomic E-state index is -0.326. The van der Waals surface area contributed by atoms with Crippen LogP contribution in [-0.4, -0.2) is 13.2 Å². The monoisotopic (exact) mass is 334 g/mol. The van der Waals surface area contributed by atoms with Crippen molar-refractivity contribution in [3.8, 4) is 11.1 Å². The molecule has 0 unspecified atom stereocenters. The topological polar surface area (TPSA) is 18.5 Å². The van der Waals surface area contributed by atoms with E-state index in [2.05, 4.69) is 34.1 Å². The molecule has 0 aliphatic rings. The molecule has 0 fully saturated rings. The lowest BCUT2D eigenvalue weighted by atomic mass is 9.99.